The maximum absolute atomic E-state index is 14.0. The van der Waals surface area contributed by atoms with Crippen LogP contribution in [-0.4, -0.2) is 35.4 Å². The van der Waals surface area contributed by atoms with E-state index in [1.165, 1.54) is 36.7 Å². The molecule has 5 nitrogen and oxygen atoms in total. The van der Waals surface area contributed by atoms with E-state index in [1.807, 2.05) is 18.2 Å². The minimum absolute atomic E-state index is 0.0889. The molecule has 0 saturated carbocycles. The Morgan fingerprint density at radius 2 is 1.94 bits per heavy atom. The molecule has 1 amide bonds. The van der Waals surface area contributed by atoms with Gasteiger partial charge in [-0.2, -0.15) is 0 Å². The second-order valence-corrected chi connectivity index (χ2v) is 8.69. The number of aryl methyl sites for hydroxylation is 1. The number of carbonyl (C=O) groups is 1. The van der Waals surface area contributed by atoms with Gasteiger partial charge in [-0.25, -0.2) is 13.8 Å². The third-order valence-electron chi connectivity index (χ3n) is 6.25. The van der Waals surface area contributed by atoms with E-state index in [9.17, 15) is 13.6 Å². The molecule has 1 unspecified atom stereocenters. The van der Waals surface area contributed by atoms with Gasteiger partial charge in [0.2, 0.25) is 5.91 Å². The Labute approximate surface area is 192 Å². The number of aromatic nitrogens is 1. The van der Waals surface area contributed by atoms with Crippen LogP contribution in [0.2, 0.25) is 0 Å². The second-order valence-electron chi connectivity index (χ2n) is 8.69. The zero-order valence-electron chi connectivity index (χ0n) is 18.8. The van der Waals surface area contributed by atoms with Gasteiger partial charge in [-0.15, -0.1) is 0 Å². The first-order valence-electron chi connectivity index (χ1n) is 11.5. The van der Waals surface area contributed by atoms with Crippen molar-refractivity contribution < 1.29 is 18.0 Å². The molecular formula is C26H29F2N3O2. The maximum atomic E-state index is 14.0. The van der Waals surface area contributed by atoms with E-state index in [0.717, 1.165) is 25.1 Å². The molecule has 1 aromatic heterocycles. The highest BCUT2D eigenvalue weighted by Crippen LogP contribution is 2.27. The standard InChI is InChI=1S/C26H29F2N3O2/c1-18-11-13-31(14-12-18)23(19-5-3-2-4-6-19)16-29-25(32)9-10-26-30-17-24(33-26)21-8-7-20(27)15-22(21)28/h2-8,15,17-18,23H,9-14,16H2,1H3,(H,29,32). The summed E-state index contributed by atoms with van der Waals surface area (Å²) in [5.74, 6) is -0.162. The number of halogens is 2. The highest BCUT2D eigenvalue weighted by atomic mass is 19.1. The summed E-state index contributed by atoms with van der Waals surface area (Å²) in [6, 6.07) is 13.7. The molecular weight excluding hydrogens is 424 g/mol. The molecule has 1 N–H and O–H groups in total. The van der Waals surface area contributed by atoms with Crippen molar-refractivity contribution in [2.75, 3.05) is 19.6 Å². The first kappa shape index (κ1) is 23.1. The van der Waals surface area contributed by atoms with Crippen LogP contribution in [0, 0.1) is 17.6 Å². The van der Waals surface area contributed by atoms with E-state index in [1.54, 1.807) is 0 Å². The molecule has 4 rings (SSSR count). The van der Waals surface area contributed by atoms with Crippen LogP contribution in [0.5, 0.6) is 0 Å². The number of amides is 1. The molecule has 1 fully saturated rings. The summed E-state index contributed by atoms with van der Waals surface area (Å²) < 4.78 is 32.7. The number of hydrogen-bond acceptors (Lipinski definition) is 4. The van der Waals surface area contributed by atoms with Gasteiger partial charge in [-0.05, 0) is 49.5 Å². The molecule has 0 aliphatic carbocycles. The van der Waals surface area contributed by atoms with E-state index >= 15 is 0 Å². The Kier molecular flexibility index (Phi) is 7.50. The van der Waals surface area contributed by atoms with E-state index in [2.05, 4.69) is 34.3 Å². The summed E-state index contributed by atoms with van der Waals surface area (Å²) >= 11 is 0. The van der Waals surface area contributed by atoms with Gasteiger partial charge in [0, 0.05) is 25.5 Å². The molecule has 1 aliphatic rings. The lowest BCUT2D eigenvalue weighted by Crippen LogP contribution is -2.42. The van der Waals surface area contributed by atoms with Crippen LogP contribution in [0.3, 0.4) is 0 Å². The minimum atomic E-state index is -0.713. The lowest BCUT2D eigenvalue weighted by molar-refractivity contribution is -0.121. The van der Waals surface area contributed by atoms with Gasteiger partial charge in [0.15, 0.2) is 11.7 Å². The average Bonchev–Trinajstić information content (AvgIpc) is 3.28. The summed E-state index contributed by atoms with van der Waals surface area (Å²) in [6.45, 7) is 4.87. The number of likely N-dealkylation sites (tertiary alicyclic amines) is 1. The van der Waals surface area contributed by atoms with E-state index in [0.29, 0.717) is 18.9 Å². The van der Waals surface area contributed by atoms with Crippen molar-refractivity contribution in [2.45, 2.75) is 38.6 Å². The predicted octanol–water partition coefficient (Wildman–Crippen LogP) is 5.14. The highest BCUT2D eigenvalue weighted by Gasteiger charge is 2.25. The molecule has 33 heavy (non-hydrogen) atoms. The molecule has 2 aromatic carbocycles. The van der Waals surface area contributed by atoms with E-state index < -0.39 is 11.6 Å². The van der Waals surface area contributed by atoms with Crippen LogP contribution in [-0.2, 0) is 11.2 Å². The number of nitrogens with one attached hydrogen (secondary N) is 1. The molecule has 1 aliphatic heterocycles. The zero-order chi connectivity index (χ0) is 23.2. The van der Waals surface area contributed by atoms with Gasteiger partial charge in [0.1, 0.15) is 11.6 Å². The second kappa shape index (κ2) is 10.7. The number of piperidine rings is 1. The molecule has 1 atom stereocenters. The summed E-state index contributed by atoms with van der Waals surface area (Å²) in [5, 5.41) is 3.06. The van der Waals surface area contributed by atoms with Crippen molar-refractivity contribution in [3.05, 3.63) is 77.8 Å². The van der Waals surface area contributed by atoms with Crippen LogP contribution >= 0.6 is 0 Å². The lowest BCUT2D eigenvalue weighted by atomic mass is 9.95. The SMILES string of the molecule is CC1CCN(C(CNC(=O)CCc2ncc(-c3ccc(F)cc3F)o2)c2ccccc2)CC1. The first-order chi connectivity index (χ1) is 16.0. The van der Waals surface area contributed by atoms with E-state index in [4.69, 9.17) is 4.42 Å². The zero-order valence-corrected chi connectivity index (χ0v) is 18.8. The van der Waals surface area contributed by atoms with Gasteiger partial charge in [0.05, 0.1) is 17.8 Å². The number of benzene rings is 2. The maximum Gasteiger partial charge on any atom is 0.220 e. The summed E-state index contributed by atoms with van der Waals surface area (Å²) in [6.07, 6.45) is 4.24. The van der Waals surface area contributed by atoms with Gasteiger partial charge < -0.3 is 9.73 Å². The van der Waals surface area contributed by atoms with Crippen molar-refractivity contribution in [1.29, 1.82) is 0 Å². The molecule has 7 heteroatoms. The Hall–Kier alpha value is -3.06. The third-order valence-corrected chi connectivity index (χ3v) is 6.25. The number of oxazole rings is 1. The Bertz CT molecular complexity index is 1060. The fraction of sp³-hybridized carbons (Fsp3) is 0.385. The number of nitrogens with zero attached hydrogens (tertiary/aromatic N) is 2. The third kappa shape index (κ3) is 6.05. The Morgan fingerprint density at radius 1 is 1.18 bits per heavy atom. The molecule has 1 saturated heterocycles. The highest BCUT2D eigenvalue weighted by molar-refractivity contribution is 5.76. The fourth-order valence-electron chi connectivity index (χ4n) is 4.23. The lowest BCUT2D eigenvalue weighted by Gasteiger charge is -2.37. The number of hydrogen-bond donors (Lipinski definition) is 1. The largest absolute Gasteiger partial charge is 0.441 e. The smallest absolute Gasteiger partial charge is 0.220 e. The van der Waals surface area contributed by atoms with Gasteiger partial charge >= 0.3 is 0 Å². The molecule has 2 heterocycles. The number of carbonyl (C=O) groups excluding carboxylic acids is 1. The van der Waals surface area contributed by atoms with Crippen LogP contribution < -0.4 is 5.32 Å². The molecule has 3 aromatic rings. The van der Waals surface area contributed by atoms with Crippen molar-refractivity contribution in [2.24, 2.45) is 5.92 Å². The molecule has 0 spiro atoms. The quantitative estimate of drug-likeness (QED) is 0.513. The summed E-state index contributed by atoms with van der Waals surface area (Å²) in [7, 11) is 0. The predicted molar refractivity (Wildman–Crippen MR) is 122 cm³/mol. The Balaban J connectivity index is 1.33. The van der Waals surface area contributed by atoms with Gasteiger partial charge in [-0.3, -0.25) is 9.69 Å². The van der Waals surface area contributed by atoms with E-state index in [-0.39, 0.29) is 29.7 Å². The van der Waals surface area contributed by atoms with Crippen LogP contribution in [0.15, 0.2) is 59.1 Å². The van der Waals surface area contributed by atoms with Crippen molar-refractivity contribution in [3.8, 4) is 11.3 Å². The topological polar surface area (TPSA) is 58.4 Å². The number of rotatable bonds is 8. The Morgan fingerprint density at radius 3 is 2.67 bits per heavy atom. The molecule has 0 radical (unpaired) electrons. The summed E-state index contributed by atoms with van der Waals surface area (Å²) in [4.78, 5) is 19.1. The molecule has 174 valence electrons. The monoisotopic (exact) mass is 453 g/mol. The van der Waals surface area contributed by atoms with Crippen molar-refractivity contribution in [1.82, 2.24) is 15.2 Å². The average molecular weight is 454 g/mol. The normalized spacial score (nSPS) is 16.0. The van der Waals surface area contributed by atoms with Gasteiger partial charge in [-0.1, -0.05) is 37.3 Å². The van der Waals surface area contributed by atoms with Gasteiger partial charge in [0.25, 0.3) is 0 Å². The van der Waals surface area contributed by atoms with Crippen LogP contribution in [0.4, 0.5) is 8.78 Å². The summed E-state index contributed by atoms with van der Waals surface area (Å²) in [5.41, 5.74) is 1.34. The minimum Gasteiger partial charge on any atom is -0.441 e. The first-order valence-corrected chi connectivity index (χ1v) is 11.5. The van der Waals surface area contributed by atoms with Crippen molar-refractivity contribution in [3.63, 3.8) is 0 Å². The van der Waals surface area contributed by atoms with Crippen LogP contribution in [0.25, 0.3) is 11.3 Å². The van der Waals surface area contributed by atoms with Crippen molar-refractivity contribution >= 4 is 5.91 Å². The fourth-order valence-corrected chi connectivity index (χ4v) is 4.23. The van der Waals surface area contributed by atoms with Crippen LogP contribution in [0.1, 0.15) is 43.7 Å². The molecule has 0 bridgehead atoms.